The van der Waals surface area contributed by atoms with Crippen molar-refractivity contribution < 1.29 is 8.91 Å². The van der Waals surface area contributed by atoms with Crippen LogP contribution in [0.25, 0.3) is 22.8 Å². The van der Waals surface area contributed by atoms with E-state index in [0.717, 1.165) is 0 Å². The van der Waals surface area contributed by atoms with Crippen molar-refractivity contribution in [1.82, 2.24) is 20.3 Å². The largest absolute Gasteiger partial charge is 0.333 e. The number of nitriles is 1. The summed E-state index contributed by atoms with van der Waals surface area (Å²) in [4.78, 5) is 4.17. The van der Waals surface area contributed by atoms with Gasteiger partial charge in [0.1, 0.15) is 17.6 Å². The number of hydrogen-bond donors (Lipinski definition) is 1. The Balaban J connectivity index is 2.02. The Kier molecular flexibility index (Phi) is 3.04. The predicted octanol–water partition coefficient (Wildman–Crippen LogP) is 2.90. The van der Waals surface area contributed by atoms with Gasteiger partial charge in [0.05, 0.1) is 16.2 Å². The molecule has 8 heteroatoms. The molecule has 0 aliphatic heterocycles. The van der Waals surface area contributed by atoms with Crippen molar-refractivity contribution in [2.45, 2.75) is 0 Å². The molecule has 0 aliphatic rings. The molecule has 20 heavy (non-hydrogen) atoms. The molecular weight excluding hydrogens is 329 g/mol. The molecule has 0 unspecified atom stereocenters. The second-order valence-corrected chi connectivity index (χ2v) is 4.68. The summed E-state index contributed by atoms with van der Waals surface area (Å²) < 4.78 is 18.6. The first-order chi connectivity index (χ1) is 9.69. The van der Waals surface area contributed by atoms with Gasteiger partial charge in [-0.25, -0.2) is 4.39 Å². The zero-order valence-electron chi connectivity index (χ0n) is 9.76. The Labute approximate surface area is 120 Å². The van der Waals surface area contributed by atoms with Crippen LogP contribution in [0.2, 0.25) is 0 Å². The fourth-order valence-electron chi connectivity index (χ4n) is 1.62. The molecule has 2 aromatic heterocycles. The molecule has 98 valence electrons. The van der Waals surface area contributed by atoms with E-state index in [1.54, 1.807) is 6.07 Å². The Hall–Kier alpha value is -2.53. The summed E-state index contributed by atoms with van der Waals surface area (Å²) in [6.07, 6.45) is 1.43. The van der Waals surface area contributed by atoms with Crippen molar-refractivity contribution in [2.75, 3.05) is 0 Å². The first-order valence-electron chi connectivity index (χ1n) is 5.42. The van der Waals surface area contributed by atoms with Gasteiger partial charge in [-0.15, -0.1) is 0 Å². The molecule has 1 N–H and O–H groups in total. The average molecular weight is 334 g/mol. The average Bonchev–Trinajstić information content (AvgIpc) is 3.09. The number of aromatic nitrogens is 4. The Morgan fingerprint density at radius 1 is 1.40 bits per heavy atom. The maximum atomic E-state index is 13.2. The number of halogens is 2. The highest BCUT2D eigenvalue weighted by Gasteiger charge is 2.16. The van der Waals surface area contributed by atoms with Crippen LogP contribution in [0, 0.1) is 17.1 Å². The summed E-state index contributed by atoms with van der Waals surface area (Å²) >= 11 is 3.09. The number of H-pyrrole nitrogens is 1. The second-order valence-electron chi connectivity index (χ2n) is 3.82. The number of nitrogens with zero attached hydrogens (tertiary/aromatic N) is 4. The normalized spacial score (nSPS) is 10.4. The van der Waals surface area contributed by atoms with Crippen LogP contribution >= 0.6 is 15.9 Å². The van der Waals surface area contributed by atoms with E-state index < -0.39 is 0 Å². The van der Waals surface area contributed by atoms with Crippen LogP contribution in [0.4, 0.5) is 4.39 Å². The molecule has 0 fully saturated rings. The standard InChI is InChI=1S/C12H5BrFN5O/c13-8-3-6(1-2-9(8)14)11-17-12(20-19-11)7-5-16-18-10(7)4-15/h1-3,5H,(H,16,18). The van der Waals surface area contributed by atoms with Crippen LogP contribution in [0.5, 0.6) is 0 Å². The van der Waals surface area contributed by atoms with Crippen LogP contribution in [-0.2, 0) is 0 Å². The monoisotopic (exact) mass is 333 g/mol. The van der Waals surface area contributed by atoms with Crippen LogP contribution in [-0.4, -0.2) is 20.3 Å². The maximum Gasteiger partial charge on any atom is 0.262 e. The van der Waals surface area contributed by atoms with E-state index in [1.807, 2.05) is 6.07 Å². The zero-order chi connectivity index (χ0) is 14.1. The Bertz CT molecular complexity index is 819. The summed E-state index contributed by atoms with van der Waals surface area (Å²) in [6, 6.07) is 6.32. The van der Waals surface area contributed by atoms with E-state index in [2.05, 4.69) is 36.3 Å². The lowest BCUT2D eigenvalue weighted by Gasteiger charge is -1.96. The van der Waals surface area contributed by atoms with Crippen LogP contribution in [0.3, 0.4) is 0 Å². The van der Waals surface area contributed by atoms with Gasteiger partial charge < -0.3 is 4.52 Å². The minimum absolute atomic E-state index is 0.172. The SMILES string of the molecule is N#Cc1[nH]ncc1-c1nc(-c2ccc(F)c(Br)c2)no1. The van der Waals surface area contributed by atoms with E-state index in [-0.39, 0.29) is 17.4 Å². The van der Waals surface area contributed by atoms with Gasteiger partial charge in [-0.2, -0.15) is 15.3 Å². The Morgan fingerprint density at radius 3 is 3.00 bits per heavy atom. The molecule has 0 saturated carbocycles. The lowest BCUT2D eigenvalue weighted by molar-refractivity contribution is 0.432. The lowest BCUT2D eigenvalue weighted by atomic mass is 10.2. The van der Waals surface area contributed by atoms with Gasteiger partial charge in [0.15, 0.2) is 0 Å². The van der Waals surface area contributed by atoms with Gasteiger partial charge in [-0.3, -0.25) is 5.10 Å². The van der Waals surface area contributed by atoms with Gasteiger partial charge in [0.2, 0.25) is 5.82 Å². The second kappa shape index (κ2) is 4.86. The van der Waals surface area contributed by atoms with Crippen molar-refractivity contribution in [3.63, 3.8) is 0 Å². The van der Waals surface area contributed by atoms with Gasteiger partial charge in [0.25, 0.3) is 5.89 Å². The van der Waals surface area contributed by atoms with Gasteiger partial charge in [-0.1, -0.05) is 5.16 Å². The van der Waals surface area contributed by atoms with E-state index in [0.29, 0.717) is 21.4 Å². The number of nitrogens with one attached hydrogen (secondary N) is 1. The number of aromatic amines is 1. The van der Waals surface area contributed by atoms with Crippen molar-refractivity contribution in [1.29, 1.82) is 5.26 Å². The smallest absolute Gasteiger partial charge is 0.262 e. The molecule has 0 amide bonds. The Morgan fingerprint density at radius 2 is 2.25 bits per heavy atom. The molecule has 0 saturated heterocycles. The number of rotatable bonds is 2. The fourth-order valence-corrected chi connectivity index (χ4v) is 2.00. The third-order valence-corrected chi connectivity index (χ3v) is 3.19. The summed E-state index contributed by atoms with van der Waals surface area (Å²) in [5, 5.41) is 19.0. The van der Waals surface area contributed by atoms with Crippen LogP contribution < -0.4 is 0 Å². The highest BCUT2D eigenvalue weighted by molar-refractivity contribution is 9.10. The summed E-state index contributed by atoms with van der Waals surface area (Å²) in [6.45, 7) is 0. The quantitative estimate of drug-likeness (QED) is 0.778. The van der Waals surface area contributed by atoms with Crippen molar-refractivity contribution in [3.05, 3.63) is 40.4 Å². The number of benzene rings is 1. The molecular formula is C12H5BrFN5O. The summed E-state index contributed by atoms with van der Waals surface area (Å²) in [5.41, 5.74) is 1.25. The molecule has 3 aromatic rings. The van der Waals surface area contributed by atoms with E-state index in [4.69, 9.17) is 9.78 Å². The summed E-state index contributed by atoms with van der Waals surface area (Å²) in [7, 11) is 0. The fraction of sp³-hybridized carbons (Fsp3) is 0. The zero-order valence-corrected chi connectivity index (χ0v) is 11.3. The molecule has 0 spiro atoms. The van der Waals surface area contributed by atoms with Gasteiger partial charge in [-0.05, 0) is 34.1 Å². The maximum absolute atomic E-state index is 13.2. The van der Waals surface area contributed by atoms with Crippen LogP contribution in [0.15, 0.2) is 33.4 Å². The topological polar surface area (TPSA) is 91.4 Å². The molecule has 0 aliphatic carbocycles. The van der Waals surface area contributed by atoms with Gasteiger partial charge >= 0.3 is 0 Å². The van der Waals surface area contributed by atoms with Crippen molar-refractivity contribution in [3.8, 4) is 28.9 Å². The minimum atomic E-state index is -0.376. The summed E-state index contributed by atoms with van der Waals surface area (Å²) in [5.74, 6) is 0.0932. The van der Waals surface area contributed by atoms with Crippen molar-refractivity contribution in [2.24, 2.45) is 0 Å². The third kappa shape index (κ3) is 2.08. The molecule has 0 atom stereocenters. The number of hydrogen-bond acceptors (Lipinski definition) is 5. The minimum Gasteiger partial charge on any atom is -0.333 e. The first-order valence-corrected chi connectivity index (χ1v) is 6.21. The third-order valence-electron chi connectivity index (χ3n) is 2.59. The molecule has 3 rings (SSSR count). The molecule has 1 aromatic carbocycles. The molecule has 2 heterocycles. The van der Waals surface area contributed by atoms with E-state index in [9.17, 15) is 4.39 Å². The first kappa shape index (κ1) is 12.5. The van der Waals surface area contributed by atoms with Crippen LogP contribution in [0.1, 0.15) is 5.69 Å². The predicted molar refractivity (Wildman–Crippen MR) is 69.7 cm³/mol. The molecule has 0 radical (unpaired) electrons. The lowest BCUT2D eigenvalue weighted by Crippen LogP contribution is -1.84. The van der Waals surface area contributed by atoms with Crippen molar-refractivity contribution >= 4 is 15.9 Å². The van der Waals surface area contributed by atoms with E-state index >= 15 is 0 Å². The highest BCUT2D eigenvalue weighted by atomic mass is 79.9. The van der Waals surface area contributed by atoms with E-state index in [1.165, 1.54) is 18.3 Å². The highest BCUT2D eigenvalue weighted by Crippen LogP contribution is 2.26. The van der Waals surface area contributed by atoms with Gasteiger partial charge in [0, 0.05) is 5.56 Å². The molecule has 0 bridgehead atoms. The molecule has 6 nitrogen and oxygen atoms in total.